The van der Waals surface area contributed by atoms with E-state index < -0.39 is 12.1 Å². The molecule has 220 valence electrons. The van der Waals surface area contributed by atoms with Crippen molar-refractivity contribution < 1.29 is 15.2 Å². The van der Waals surface area contributed by atoms with Crippen molar-refractivity contribution in [2.45, 2.75) is 147 Å². The Hall–Kier alpha value is -1.40. The summed E-state index contributed by atoms with van der Waals surface area (Å²) in [6, 6.07) is -0.991. The number of fused-ring (bicyclic) bond motifs is 1. The van der Waals surface area contributed by atoms with E-state index in [2.05, 4.69) is 13.0 Å². The van der Waals surface area contributed by atoms with Crippen LogP contribution in [-0.4, -0.2) is 44.4 Å². The minimum Gasteiger partial charge on any atom is -0.287 e. The summed E-state index contributed by atoms with van der Waals surface area (Å²) in [7, 11) is 0. The Morgan fingerprint density at radius 1 is 0.949 bits per heavy atom. The molecule has 0 spiro atoms. The van der Waals surface area contributed by atoms with Crippen molar-refractivity contribution in [2.24, 2.45) is 35.5 Å². The average Bonchev–Trinajstić information content (AvgIpc) is 2.99. The van der Waals surface area contributed by atoms with Crippen LogP contribution in [-0.2, 0) is 4.79 Å². The average molecular weight is 542 g/mol. The van der Waals surface area contributed by atoms with Crippen LogP contribution in [0.4, 0.5) is 0 Å². The number of rotatable bonds is 8. The van der Waals surface area contributed by atoms with E-state index in [0.717, 1.165) is 74.8 Å². The Labute approximate surface area is 237 Å². The van der Waals surface area contributed by atoms with Crippen LogP contribution in [0.2, 0.25) is 0 Å². The molecule has 0 aromatic rings. The molecule has 1 saturated heterocycles. The van der Waals surface area contributed by atoms with Gasteiger partial charge in [-0.3, -0.25) is 20.6 Å². The molecule has 1 amide bonds. The lowest BCUT2D eigenvalue weighted by Gasteiger charge is -2.51. The van der Waals surface area contributed by atoms with Crippen LogP contribution >= 0.6 is 0 Å². The number of hydroxylamine groups is 4. The molecule has 0 aromatic carbocycles. The van der Waals surface area contributed by atoms with Gasteiger partial charge in [-0.25, -0.2) is 10.1 Å². The summed E-state index contributed by atoms with van der Waals surface area (Å²) in [4.78, 5) is 13.9. The largest absolute Gasteiger partial charge is 0.287 e. The van der Waals surface area contributed by atoms with Crippen molar-refractivity contribution in [1.29, 1.82) is 5.41 Å². The summed E-state index contributed by atoms with van der Waals surface area (Å²) in [5.41, 5.74) is 1.16. The van der Waals surface area contributed by atoms with E-state index in [1.807, 2.05) is 0 Å². The first-order valence-corrected chi connectivity index (χ1v) is 16.8. The molecule has 5 aliphatic rings. The molecule has 6 heteroatoms. The van der Waals surface area contributed by atoms with Gasteiger partial charge in [0.15, 0.2) is 0 Å². The van der Waals surface area contributed by atoms with Crippen LogP contribution in [0.1, 0.15) is 135 Å². The molecule has 3 N–H and O–H groups in total. The molecule has 3 saturated carbocycles. The molecule has 4 aliphatic carbocycles. The van der Waals surface area contributed by atoms with Crippen LogP contribution in [0.15, 0.2) is 11.6 Å². The van der Waals surface area contributed by atoms with Crippen LogP contribution in [0.3, 0.4) is 0 Å². The van der Waals surface area contributed by atoms with E-state index in [1.54, 1.807) is 0 Å². The lowest BCUT2D eigenvalue weighted by molar-refractivity contribution is -0.205. The SMILES string of the molecule is CCCCC1C2=CCC[C@@H](N(O)C(=N)C(C3CCCCC3)C3CCCCC3)[C@@H]2N(O)C(=O)C1C1CCCCC1. The van der Waals surface area contributed by atoms with E-state index in [9.17, 15) is 20.6 Å². The zero-order chi connectivity index (χ0) is 27.4. The number of hydrogen-bond donors (Lipinski definition) is 3. The standard InChI is InChI=1S/C33H55N3O3/c1-2-3-20-26-27-21-13-22-28(31(27)36(39)33(37)30(26)25-18-11-6-12-19-25)35(38)32(34)29(23-14-7-4-8-15-23)24-16-9-5-10-17-24/h21,23-26,28-31,34,38-39H,2-20,22H2,1H3/t26?,28-,30?,31-/m1/s1. The Morgan fingerprint density at radius 2 is 1.51 bits per heavy atom. The summed E-state index contributed by atoms with van der Waals surface area (Å²) in [6.07, 6.45) is 24.8. The number of allylic oxidation sites excluding steroid dienone is 1. The predicted molar refractivity (Wildman–Crippen MR) is 155 cm³/mol. The number of hydrogen-bond acceptors (Lipinski definition) is 4. The molecule has 4 fully saturated rings. The van der Waals surface area contributed by atoms with Gasteiger partial charge in [0.05, 0.1) is 6.04 Å². The van der Waals surface area contributed by atoms with Gasteiger partial charge in [0.2, 0.25) is 0 Å². The predicted octanol–water partition coefficient (Wildman–Crippen LogP) is 8.12. The molecule has 0 bridgehead atoms. The number of piperidine rings is 1. The summed E-state index contributed by atoms with van der Waals surface area (Å²) < 4.78 is 0. The van der Waals surface area contributed by atoms with Gasteiger partial charge in [-0.1, -0.05) is 83.6 Å². The minimum atomic E-state index is -0.545. The van der Waals surface area contributed by atoms with E-state index in [0.29, 0.717) is 30.0 Å². The molecule has 6 nitrogen and oxygen atoms in total. The van der Waals surface area contributed by atoms with Gasteiger partial charge in [-0.05, 0) is 87.0 Å². The van der Waals surface area contributed by atoms with E-state index in [1.165, 1.54) is 62.9 Å². The second-order valence-corrected chi connectivity index (χ2v) is 13.7. The zero-order valence-electron chi connectivity index (χ0n) is 24.5. The van der Waals surface area contributed by atoms with Gasteiger partial charge in [0.25, 0.3) is 5.91 Å². The van der Waals surface area contributed by atoms with Gasteiger partial charge in [0.1, 0.15) is 11.9 Å². The third-order valence-electron chi connectivity index (χ3n) is 11.4. The first-order valence-electron chi connectivity index (χ1n) is 16.8. The van der Waals surface area contributed by atoms with E-state index in [-0.39, 0.29) is 23.7 Å². The van der Waals surface area contributed by atoms with Gasteiger partial charge >= 0.3 is 0 Å². The minimum absolute atomic E-state index is 0.0854. The Kier molecular flexibility index (Phi) is 10.1. The second-order valence-electron chi connectivity index (χ2n) is 13.7. The van der Waals surface area contributed by atoms with E-state index >= 15 is 0 Å². The normalized spacial score (nSPS) is 31.7. The number of carbonyl (C=O) groups is 1. The number of carbonyl (C=O) groups excluding carboxylic acids is 1. The number of nitrogens with zero attached hydrogens (tertiary/aromatic N) is 2. The van der Waals surface area contributed by atoms with Crippen molar-refractivity contribution in [1.82, 2.24) is 10.1 Å². The summed E-state index contributed by atoms with van der Waals surface area (Å²) in [5.74, 6) is 1.59. The second kappa shape index (κ2) is 13.5. The van der Waals surface area contributed by atoms with Crippen LogP contribution in [0.5, 0.6) is 0 Å². The lowest BCUT2D eigenvalue weighted by Crippen LogP contribution is -2.62. The van der Waals surface area contributed by atoms with Crippen molar-refractivity contribution in [2.75, 3.05) is 0 Å². The first kappa shape index (κ1) is 29.1. The molecule has 0 aromatic heterocycles. The molecule has 0 radical (unpaired) electrons. The highest BCUT2D eigenvalue weighted by Gasteiger charge is 2.52. The molecule has 2 unspecified atom stereocenters. The fourth-order valence-corrected chi connectivity index (χ4v) is 9.46. The number of amides is 1. The third kappa shape index (κ3) is 6.12. The molecule has 1 aliphatic heterocycles. The summed E-state index contributed by atoms with van der Waals surface area (Å²) >= 11 is 0. The van der Waals surface area contributed by atoms with Crippen LogP contribution in [0, 0.1) is 40.9 Å². The van der Waals surface area contributed by atoms with Crippen LogP contribution < -0.4 is 0 Å². The highest BCUT2D eigenvalue weighted by Crippen LogP contribution is 2.48. The first-order chi connectivity index (χ1) is 19.0. The van der Waals surface area contributed by atoms with Crippen molar-refractivity contribution in [3.63, 3.8) is 0 Å². The molecule has 4 atom stereocenters. The maximum Gasteiger partial charge on any atom is 0.250 e. The molecule has 1 heterocycles. The monoisotopic (exact) mass is 541 g/mol. The highest BCUT2D eigenvalue weighted by atomic mass is 16.5. The van der Waals surface area contributed by atoms with Gasteiger partial charge in [0, 0.05) is 11.8 Å². The maximum atomic E-state index is 13.9. The fraction of sp³-hybridized carbons (Fsp3) is 0.879. The zero-order valence-corrected chi connectivity index (χ0v) is 24.5. The third-order valence-corrected chi connectivity index (χ3v) is 11.4. The Bertz CT molecular complexity index is 838. The summed E-state index contributed by atoms with van der Waals surface area (Å²) in [6.45, 7) is 2.21. The quantitative estimate of drug-likeness (QED) is 0.0952. The Balaban J connectivity index is 1.41. The topological polar surface area (TPSA) is 87.9 Å². The van der Waals surface area contributed by atoms with Crippen LogP contribution in [0.25, 0.3) is 0 Å². The van der Waals surface area contributed by atoms with Crippen molar-refractivity contribution in [3.8, 4) is 0 Å². The van der Waals surface area contributed by atoms with Gasteiger partial charge in [-0.15, -0.1) is 0 Å². The molecular formula is C33H55N3O3. The maximum absolute atomic E-state index is 13.9. The van der Waals surface area contributed by atoms with Crippen molar-refractivity contribution in [3.05, 3.63) is 11.6 Å². The molecular weight excluding hydrogens is 486 g/mol. The van der Waals surface area contributed by atoms with Crippen molar-refractivity contribution >= 4 is 11.7 Å². The highest BCUT2D eigenvalue weighted by molar-refractivity contribution is 5.83. The summed E-state index contributed by atoms with van der Waals surface area (Å²) in [5, 5.41) is 35.0. The Morgan fingerprint density at radius 3 is 2.08 bits per heavy atom. The van der Waals surface area contributed by atoms with E-state index in [4.69, 9.17) is 0 Å². The molecule has 39 heavy (non-hydrogen) atoms. The number of amidine groups is 1. The van der Waals surface area contributed by atoms with Gasteiger partial charge in [-0.2, -0.15) is 0 Å². The number of nitrogens with one attached hydrogen (secondary N) is 1. The smallest absolute Gasteiger partial charge is 0.250 e. The number of unbranched alkanes of at least 4 members (excludes halogenated alkanes) is 1. The van der Waals surface area contributed by atoms with Gasteiger partial charge < -0.3 is 0 Å². The lowest BCUT2D eigenvalue weighted by atomic mass is 9.64. The molecule has 5 rings (SSSR count). The fourth-order valence-electron chi connectivity index (χ4n) is 9.46.